The second-order valence-corrected chi connectivity index (χ2v) is 1.91. The molecule has 0 bridgehead atoms. The molecule has 0 spiro atoms. The van der Waals surface area contributed by atoms with E-state index in [0.29, 0.717) is 25.3 Å². The maximum atomic E-state index is 10.6. The highest BCUT2D eigenvalue weighted by atomic mass is 16.5. The van der Waals surface area contributed by atoms with Crippen LogP contribution in [0.5, 0.6) is 0 Å². The van der Waals surface area contributed by atoms with Crippen LogP contribution in [0.2, 0.25) is 0 Å². The second-order valence-electron chi connectivity index (χ2n) is 1.91. The van der Waals surface area contributed by atoms with Gasteiger partial charge in [-0.1, -0.05) is 6.58 Å². The van der Waals surface area contributed by atoms with Gasteiger partial charge in [-0.3, -0.25) is 4.79 Å². The third-order valence-corrected chi connectivity index (χ3v) is 1.12. The number of ether oxygens (including phenoxy) is 1. The maximum Gasteiger partial charge on any atom is 0.223 e. The van der Waals surface area contributed by atoms with E-state index in [9.17, 15) is 4.79 Å². The molecular weight excluding hydrogens is 118 g/mol. The van der Waals surface area contributed by atoms with Crippen LogP contribution in [-0.4, -0.2) is 19.1 Å². The lowest BCUT2D eigenvalue weighted by Crippen LogP contribution is -2.22. The highest BCUT2D eigenvalue weighted by Crippen LogP contribution is 1.97. The van der Waals surface area contributed by atoms with Gasteiger partial charge in [0.2, 0.25) is 5.91 Å². The molecule has 1 amide bonds. The minimum atomic E-state index is 0.0358. The number of hydrogen-bond acceptors (Lipinski definition) is 2. The van der Waals surface area contributed by atoms with Crippen molar-refractivity contribution in [2.75, 3.05) is 13.2 Å². The molecule has 9 heavy (non-hydrogen) atoms. The van der Waals surface area contributed by atoms with Gasteiger partial charge in [-0.2, -0.15) is 0 Å². The minimum Gasteiger partial charge on any atom is -0.496 e. The molecule has 3 heteroatoms. The van der Waals surface area contributed by atoms with Crippen molar-refractivity contribution < 1.29 is 9.53 Å². The summed E-state index contributed by atoms with van der Waals surface area (Å²) < 4.78 is 5.00. The quantitative estimate of drug-likeness (QED) is 0.498. The van der Waals surface area contributed by atoms with Gasteiger partial charge in [0.1, 0.15) is 5.76 Å². The summed E-state index contributed by atoms with van der Waals surface area (Å²) in [5.41, 5.74) is 0. The first-order valence-corrected chi connectivity index (χ1v) is 2.86. The molecule has 1 fully saturated rings. The van der Waals surface area contributed by atoms with Crippen LogP contribution in [0.25, 0.3) is 0 Å². The van der Waals surface area contributed by atoms with E-state index >= 15 is 0 Å². The van der Waals surface area contributed by atoms with Crippen molar-refractivity contribution >= 4 is 5.91 Å². The normalized spacial score (nSPS) is 20.0. The molecule has 50 valence electrons. The zero-order valence-electron chi connectivity index (χ0n) is 5.14. The average Bonchev–Trinajstić information content (AvgIpc) is 1.97. The van der Waals surface area contributed by atoms with Gasteiger partial charge in [0.05, 0.1) is 19.6 Å². The summed E-state index contributed by atoms with van der Waals surface area (Å²) in [7, 11) is 0. The van der Waals surface area contributed by atoms with Gasteiger partial charge in [-0.05, 0) is 0 Å². The van der Waals surface area contributed by atoms with E-state index < -0.39 is 0 Å². The predicted molar refractivity (Wildman–Crippen MR) is 32.7 cm³/mol. The fourth-order valence-corrected chi connectivity index (χ4v) is 0.625. The molecular formula is C6H9NO2. The number of amides is 1. The Labute approximate surface area is 53.7 Å². The molecule has 0 aromatic heterocycles. The molecule has 3 nitrogen and oxygen atoms in total. The molecule has 1 aliphatic heterocycles. The van der Waals surface area contributed by atoms with E-state index in [1.54, 1.807) is 0 Å². The van der Waals surface area contributed by atoms with Crippen molar-refractivity contribution in [3.05, 3.63) is 12.3 Å². The molecule has 0 saturated carbocycles. The van der Waals surface area contributed by atoms with Crippen LogP contribution in [-0.2, 0) is 9.53 Å². The summed E-state index contributed by atoms with van der Waals surface area (Å²) in [5, 5.41) is 2.63. The Kier molecular flexibility index (Phi) is 1.72. The Balaban J connectivity index is 2.43. The third-order valence-electron chi connectivity index (χ3n) is 1.12. The van der Waals surface area contributed by atoms with Gasteiger partial charge < -0.3 is 10.1 Å². The summed E-state index contributed by atoms with van der Waals surface area (Å²) in [5.74, 6) is 0.675. The predicted octanol–water partition coefficient (Wildman–Crippen LogP) is 0.0366. The molecule has 1 aliphatic rings. The molecule has 1 saturated heterocycles. The fourth-order valence-electron chi connectivity index (χ4n) is 0.625. The standard InChI is InChI=1S/C6H9NO2/c1-5-4-7-6(8)2-3-9-5/h1-4H2,(H,7,8). The fraction of sp³-hybridized carbons (Fsp3) is 0.500. The first kappa shape index (κ1) is 6.13. The van der Waals surface area contributed by atoms with Crippen molar-refractivity contribution in [2.45, 2.75) is 6.42 Å². The summed E-state index contributed by atoms with van der Waals surface area (Å²) in [4.78, 5) is 10.6. The van der Waals surface area contributed by atoms with Gasteiger partial charge in [-0.15, -0.1) is 0 Å². The average molecular weight is 127 g/mol. The maximum absolute atomic E-state index is 10.6. The Hall–Kier alpha value is -0.990. The summed E-state index contributed by atoms with van der Waals surface area (Å²) >= 11 is 0. The highest BCUT2D eigenvalue weighted by Gasteiger charge is 2.07. The van der Waals surface area contributed by atoms with Crippen LogP contribution < -0.4 is 5.32 Å². The number of carbonyl (C=O) groups excluding carboxylic acids is 1. The van der Waals surface area contributed by atoms with E-state index in [1.165, 1.54) is 0 Å². The topological polar surface area (TPSA) is 38.3 Å². The highest BCUT2D eigenvalue weighted by molar-refractivity contribution is 5.76. The Morgan fingerprint density at radius 2 is 2.44 bits per heavy atom. The van der Waals surface area contributed by atoms with Crippen LogP contribution in [0, 0.1) is 0 Å². The third kappa shape index (κ3) is 1.76. The summed E-state index contributed by atoms with van der Waals surface area (Å²) in [6.45, 7) is 4.49. The molecule has 0 atom stereocenters. The number of rotatable bonds is 0. The smallest absolute Gasteiger partial charge is 0.223 e. The molecule has 0 aromatic rings. The number of carbonyl (C=O) groups is 1. The second kappa shape index (κ2) is 2.53. The van der Waals surface area contributed by atoms with Crippen molar-refractivity contribution in [1.82, 2.24) is 5.32 Å². The van der Waals surface area contributed by atoms with Crippen molar-refractivity contribution in [2.24, 2.45) is 0 Å². The Morgan fingerprint density at radius 1 is 1.67 bits per heavy atom. The van der Waals surface area contributed by atoms with Crippen molar-refractivity contribution in [1.29, 1.82) is 0 Å². The first-order chi connectivity index (χ1) is 4.29. The largest absolute Gasteiger partial charge is 0.496 e. The van der Waals surface area contributed by atoms with E-state index in [0.717, 1.165) is 0 Å². The van der Waals surface area contributed by atoms with Crippen LogP contribution >= 0.6 is 0 Å². The first-order valence-electron chi connectivity index (χ1n) is 2.86. The van der Waals surface area contributed by atoms with Crippen molar-refractivity contribution in [3.63, 3.8) is 0 Å². The van der Waals surface area contributed by atoms with Crippen LogP contribution in [0.1, 0.15) is 6.42 Å². The zero-order chi connectivity index (χ0) is 6.69. The Morgan fingerprint density at radius 3 is 3.22 bits per heavy atom. The van der Waals surface area contributed by atoms with Gasteiger partial charge >= 0.3 is 0 Å². The monoisotopic (exact) mass is 127 g/mol. The van der Waals surface area contributed by atoms with Crippen molar-refractivity contribution in [3.8, 4) is 0 Å². The molecule has 0 aliphatic carbocycles. The minimum absolute atomic E-state index is 0.0358. The van der Waals surface area contributed by atoms with Crippen LogP contribution in [0.15, 0.2) is 12.3 Å². The molecule has 1 N–H and O–H groups in total. The lowest BCUT2D eigenvalue weighted by atomic mass is 10.4. The van der Waals surface area contributed by atoms with Gasteiger partial charge in [0.25, 0.3) is 0 Å². The van der Waals surface area contributed by atoms with Gasteiger partial charge in [0.15, 0.2) is 0 Å². The SMILES string of the molecule is C=C1CNC(=O)CCO1. The molecule has 0 unspecified atom stereocenters. The van der Waals surface area contributed by atoms with E-state index in [1.807, 2.05) is 0 Å². The Bertz CT molecular complexity index is 126. The lowest BCUT2D eigenvalue weighted by Gasteiger charge is -1.99. The zero-order valence-corrected chi connectivity index (χ0v) is 5.14. The summed E-state index contributed by atoms with van der Waals surface area (Å²) in [6, 6.07) is 0. The van der Waals surface area contributed by atoms with E-state index in [4.69, 9.17) is 4.74 Å². The van der Waals surface area contributed by atoms with Crippen LogP contribution in [0.3, 0.4) is 0 Å². The van der Waals surface area contributed by atoms with Gasteiger partial charge in [0, 0.05) is 0 Å². The van der Waals surface area contributed by atoms with E-state index in [-0.39, 0.29) is 5.91 Å². The lowest BCUT2D eigenvalue weighted by molar-refractivity contribution is -0.120. The number of nitrogens with one attached hydrogen (secondary N) is 1. The molecule has 0 aromatic carbocycles. The number of hydrogen-bond donors (Lipinski definition) is 1. The van der Waals surface area contributed by atoms with Gasteiger partial charge in [-0.25, -0.2) is 0 Å². The molecule has 0 radical (unpaired) electrons. The summed E-state index contributed by atoms with van der Waals surface area (Å²) in [6.07, 6.45) is 0.443. The van der Waals surface area contributed by atoms with E-state index in [2.05, 4.69) is 11.9 Å². The van der Waals surface area contributed by atoms with Crippen LogP contribution in [0.4, 0.5) is 0 Å². The molecule has 1 rings (SSSR count). The molecule has 1 heterocycles.